The molecule has 1 heterocycles. The molecule has 2 N–H and O–H groups in total. The SMILES string of the molecule is CC(CNCC1CCc2cc(Oc3cc(Cl)cc(Cl)c3C(=O)O)ccc2O1)COc1ccccc1. The van der Waals surface area contributed by atoms with Crippen LogP contribution in [0, 0.1) is 5.92 Å². The fourth-order valence-electron chi connectivity index (χ4n) is 3.90. The zero-order valence-electron chi connectivity index (χ0n) is 19.3. The van der Waals surface area contributed by atoms with Gasteiger partial charge in [-0.05, 0) is 54.8 Å². The average molecular weight is 516 g/mol. The first-order valence-electron chi connectivity index (χ1n) is 11.5. The quantitative estimate of drug-likeness (QED) is 0.321. The van der Waals surface area contributed by atoms with Crippen LogP contribution in [0.25, 0.3) is 0 Å². The van der Waals surface area contributed by atoms with Crippen molar-refractivity contribution in [1.29, 1.82) is 0 Å². The van der Waals surface area contributed by atoms with Crippen molar-refractivity contribution in [2.75, 3.05) is 19.7 Å². The van der Waals surface area contributed by atoms with Crippen molar-refractivity contribution in [3.63, 3.8) is 0 Å². The Balaban J connectivity index is 1.29. The molecule has 0 saturated carbocycles. The fraction of sp³-hybridized carbons (Fsp3) is 0.296. The maximum Gasteiger partial charge on any atom is 0.341 e. The number of para-hydroxylation sites is 1. The first kappa shape index (κ1) is 25.2. The normalized spacial score (nSPS) is 15.6. The molecule has 184 valence electrons. The van der Waals surface area contributed by atoms with E-state index in [2.05, 4.69) is 12.2 Å². The summed E-state index contributed by atoms with van der Waals surface area (Å²) >= 11 is 12.1. The summed E-state index contributed by atoms with van der Waals surface area (Å²) < 4.78 is 17.8. The Morgan fingerprint density at radius 2 is 1.94 bits per heavy atom. The molecule has 2 unspecified atom stereocenters. The second kappa shape index (κ2) is 11.7. The van der Waals surface area contributed by atoms with E-state index in [1.807, 2.05) is 42.5 Å². The number of benzene rings is 3. The fourth-order valence-corrected chi connectivity index (χ4v) is 4.45. The molecule has 0 aliphatic carbocycles. The van der Waals surface area contributed by atoms with Crippen LogP contribution in [0.4, 0.5) is 0 Å². The molecule has 0 amide bonds. The summed E-state index contributed by atoms with van der Waals surface area (Å²) in [6.07, 6.45) is 1.76. The summed E-state index contributed by atoms with van der Waals surface area (Å²) in [5, 5.41) is 13.3. The third-order valence-electron chi connectivity index (χ3n) is 5.66. The minimum atomic E-state index is -1.18. The van der Waals surface area contributed by atoms with E-state index in [-0.39, 0.29) is 22.4 Å². The van der Waals surface area contributed by atoms with Crippen molar-refractivity contribution >= 4 is 29.2 Å². The van der Waals surface area contributed by atoms with Crippen molar-refractivity contribution in [1.82, 2.24) is 5.32 Å². The third kappa shape index (κ3) is 6.82. The van der Waals surface area contributed by atoms with E-state index in [1.54, 1.807) is 6.07 Å². The van der Waals surface area contributed by atoms with Gasteiger partial charge in [0.25, 0.3) is 0 Å². The Labute approximate surface area is 214 Å². The van der Waals surface area contributed by atoms with Gasteiger partial charge in [0.2, 0.25) is 0 Å². The standard InChI is InChI=1S/C27H27Cl2NO5/c1-17(16-33-20-5-3-2-4-6-20)14-30-15-22-8-7-18-11-21(9-10-24(18)35-22)34-25-13-19(28)12-23(29)26(25)27(31)32/h2-6,9-13,17,22,30H,7-8,14-16H2,1H3,(H,31,32). The molecule has 4 rings (SSSR count). The van der Waals surface area contributed by atoms with E-state index in [4.69, 9.17) is 37.4 Å². The van der Waals surface area contributed by atoms with Gasteiger partial charge in [0.1, 0.15) is 34.7 Å². The molecule has 0 aromatic heterocycles. The highest BCUT2D eigenvalue weighted by Gasteiger charge is 2.22. The molecule has 0 saturated heterocycles. The molecule has 2 atom stereocenters. The largest absolute Gasteiger partial charge is 0.493 e. The van der Waals surface area contributed by atoms with E-state index in [0.29, 0.717) is 23.3 Å². The number of hydrogen-bond donors (Lipinski definition) is 2. The Hall–Kier alpha value is -2.93. The molecule has 3 aromatic rings. The highest BCUT2D eigenvalue weighted by Crippen LogP contribution is 2.37. The molecule has 1 aliphatic rings. The van der Waals surface area contributed by atoms with Crippen LogP contribution < -0.4 is 19.5 Å². The second-order valence-electron chi connectivity index (χ2n) is 8.60. The first-order chi connectivity index (χ1) is 16.9. The van der Waals surface area contributed by atoms with Crippen molar-refractivity contribution in [3.8, 4) is 23.0 Å². The monoisotopic (exact) mass is 515 g/mol. The lowest BCUT2D eigenvalue weighted by Gasteiger charge is -2.27. The van der Waals surface area contributed by atoms with Gasteiger partial charge in [-0.15, -0.1) is 0 Å². The highest BCUT2D eigenvalue weighted by atomic mass is 35.5. The van der Waals surface area contributed by atoms with Gasteiger partial charge in [-0.2, -0.15) is 0 Å². The van der Waals surface area contributed by atoms with Gasteiger partial charge in [0, 0.05) is 30.1 Å². The van der Waals surface area contributed by atoms with Crippen molar-refractivity contribution in [2.24, 2.45) is 5.92 Å². The minimum absolute atomic E-state index is 0.0255. The molecule has 0 radical (unpaired) electrons. The zero-order chi connectivity index (χ0) is 24.8. The predicted molar refractivity (Wildman–Crippen MR) is 137 cm³/mol. The smallest absolute Gasteiger partial charge is 0.341 e. The van der Waals surface area contributed by atoms with Crippen LogP contribution in [0.5, 0.6) is 23.0 Å². The van der Waals surface area contributed by atoms with Gasteiger partial charge in [-0.1, -0.05) is 48.3 Å². The summed E-state index contributed by atoms with van der Waals surface area (Å²) in [4.78, 5) is 11.6. The van der Waals surface area contributed by atoms with Crippen molar-refractivity contribution in [2.45, 2.75) is 25.9 Å². The lowest BCUT2D eigenvalue weighted by Crippen LogP contribution is -2.36. The van der Waals surface area contributed by atoms with Crippen molar-refractivity contribution in [3.05, 3.63) is 81.8 Å². The van der Waals surface area contributed by atoms with E-state index in [0.717, 1.165) is 43.0 Å². The number of ether oxygens (including phenoxy) is 3. The number of fused-ring (bicyclic) bond motifs is 1. The summed E-state index contributed by atoms with van der Waals surface area (Å²) in [7, 11) is 0. The van der Waals surface area contributed by atoms with Gasteiger partial charge < -0.3 is 24.6 Å². The molecular formula is C27H27Cl2NO5. The predicted octanol–water partition coefficient (Wildman–Crippen LogP) is 6.48. The molecule has 8 heteroatoms. The van der Waals surface area contributed by atoms with E-state index in [9.17, 15) is 9.90 Å². The zero-order valence-corrected chi connectivity index (χ0v) is 20.8. The van der Waals surface area contributed by atoms with Crippen LogP contribution in [0.15, 0.2) is 60.7 Å². The lowest BCUT2D eigenvalue weighted by atomic mass is 10.0. The summed E-state index contributed by atoms with van der Waals surface area (Å²) in [6, 6.07) is 18.1. The van der Waals surface area contributed by atoms with Crippen molar-refractivity contribution < 1.29 is 24.1 Å². The number of rotatable bonds is 10. The molecule has 0 spiro atoms. The number of hydrogen-bond acceptors (Lipinski definition) is 5. The number of carboxylic acids is 1. The van der Waals surface area contributed by atoms with E-state index in [1.165, 1.54) is 12.1 Å². The Morgan fingerprint density at radius 3 is 2.71 bits per heavy atom. The Kier molecular flexibility index (Phi) is 8.39. The molecule has 35 heavy (non-hydrogen) atoms. The molecule has 0 bridgehead atoms. The maximum atomic E-state index is 11.6. The number of aryl methyl sites for hydroxylation is 1. The number of carbonyl (C=O) groups is 1. The summed E-state index contributed by atoms with van der Waals surface area (Å²) in [5.41, 5.74) is 0.882. The van der Waals surface area contributed by atoms with E-state index < -0.39 is 5.97 Å². The van der Waals surface area contributed by atoms with Crippen LogP contribution in [0.3, 0.4) is 0 Å². The molecule has 3 aromatic carbocycles. The number of aromatic carboxylic acids is 1. The number of halogens is 2. The van der Waals surface area contributed by atoms with Gasteiger partial charge in [-0.25, -0.2) is 4.79 Å². The van der Waals surface area contributed by atoms with E-state index >= 15 is 0 Å². The van der Waals surface area contributed by atoms with Crippen LogP contribution in [-0.2, 0) is 6.42 Å². The molecule has 0 fully saturated rings. The topological polar surface area (TPSA) is 77.0 Å². The first-order valence-corrected chi connectivity index (χ1v) is 12.2. The number of carboxylic acid groups (broad SMARTS) is 1. The Bertz CT molecular complexity index is 1170. The van der Waals surface area contributed by atoms with Crippen LogP contribution in [0.2, 0.25) is 10.0 Å². The molecule has 1 aliphatic heterocycles. The van der Waals surface area contributed by atoms with Gasteiger partial charge >= 0.3 is 5.97 Å². The van der Waals surface area contributed by atoms with Crippen LogP contribution in [0.1, 0.15) is 29.3 Å². The number of nitrogens with one attached hydrogen (secondary N) is 1. The average Bonchev–Trinajstić information content (AvgIpc) is 2.83. The third-order valence-corrected chi connectivity index (χ3v) is 6.18. The van der Waals surface area contributed by atoms with Gasteiger partial charge in [-0.3, -0.25) is 0 Å². The van der Waals surface area contributed by atoms with Crippen LogP contribution in [-0.4, -0.2) is 36.9 Å². The molecular weight excluding hydrogens is 489 g/mol. The maximum absolute atomic E-state index is 11.6. The minimum Gasteiger partial charge on any atom is -0.493 e. The Morgan fingerprint density at radius 1 is 1.14 bits per heavy atom. The lowest BCUT2D eigenvalue weighted by molar-refractivity contribution is 0.0694. The highest BCUT2D eigenvalue weighted by molar-refractivity contribution is 6.37. The van der Waals surface area contributed by atoms with Crippen LogP contribution >= 0.6 is 23.2 Å². The van der Waals surface area contributed by atoms with Gasteiger partial charge in [0.05, 0.1) is 11.6 Å². The summed E-state index contributed by atoms with van der Waals surface area (Å²) in [5.74, 6) is 1.46. The molecule has 6 nitrogen and oxygen atoms in total. The second-order valence-corrected chi connectivity index (χ2v) is 9.45. The van der Waals surface area contributed by atoms with Gasteiger partial charge in [0.15, 0.2) is 0 Å². The summed E-state index contributed by atoms with van der Waals surface area (Å²) in [6.45, 7) is 4.38.